The third-order valence-corrected chi connectivity index (χ3v) is 5.30. The Labute approximate surface area is 169 Å². The van der Waals surface area contributed by atoms with Crippen molar-refractivity contribution in [1.82, 2.24) is 0 Å². The Balaban J connectivity index is 1.94. The number of hydrogen-bond donors (Lipinski definition) is 1. The lowest BCUT2D eigenvalue weighted by Gasteiger charge is -2.26. The van der Waals surface area contributed by atoms with Gasteiger partial charge >= 0.3 is 0 Å². The van der Waals surface area contributed by atoms with Crippen LogP contribution in [0.1, 0.15) is 33.0 Å². The van der Waals surface area contributed by atoms with Crippen LogP contribution >= 0.6 is 0 Å². The van der Waals surface area contributed by atoms with E-state index in [0.29, 0.717) is 5.56 Å². The highest BCUT2D eigenvalue weighted by atomic mass is 16.3. The molecular weight excluding hydrogens is 362 g/mol. The lowest BCUT2D eigenvalue weighted by Crippen LogP contribution is -2.28. The van der Waals surface area contributed by atoms with Gasteiger partial charge < -0.3 is 10.0 Å². The normalized spacial score (nSPS) is 14.6. The van der Waals surface area contributed by atoms with Crippen LogP contribution in [0.3, 0.4) is 0 Å². The molecule has 0 heterocycles. The molecule has 0 amide bonds. The molecule has 0 aliphatic heterocycles. The van der Waals surface area contributed by atoms with Crippen LogP contribution in [0, 0.1) is 0 Å². The molecule has 0 saturated heterocycles. The molecule has 0 saturated carbocycles. The first kappa shape index (κ1) is 18.7. The number of rotatable bonds is 4. The highest BCUT2D eigenvalue weighted by molar-refractivity contribution is 6.52. The van der Waals surface area contributed by atoms with Crippen molar-refractivity contribution in [3.8, 4) is 0 Å². The highest BCUT2D eigenvalue weighted by Gasteiger charge is 2.38. The quantitative estimate of drug-likeness (QED) is 0.668. The van der Waals surface area contributed by atoms with E-state index in [1.165, 1.54) is 0 Å². The first-order valence-corrected chi connectivity index (χ1v) is 9.43. The summed E-state index contributed by atoms with van der Waals surface area (Å²) in [5.41, 5.74) is 3.47. The van der Waals surface area contributed by atoms with Crippen LogP contribution < -0.4 is 4.90 Å². The fraction of sp³-hybridized carbons (Fsp3) is 0.120. The summed E-state index contributed by atoms with van der Waals surface area (Å²) in [4.78, 5) is 27.9. The van der Waals surface area contributed by atoms with Gasteiger partial charge in [0.25, 0.3) is 0 Å². The van der Waals surface area contributed by atoms with Gasteiger partial charge in [-0.1, -0.05) is 66.7 Å². The molecule has 3 aromatic carbocycles. The molecule has 29 heavy (non-hydrogen) atoms. The Morgan fingerprint density at radius 2 is 1.24 bits per heavy atom. The van der Waals surface area contributed by atoms with Gasteiger partial charge in [0.1, 0.15) is 5.76 Å². The van der Waals surface area contributed by atoms with Crippen LogP contribution in [0.2, 0.25) is 0 Å². The number of aliphatic hydroxyl groups is 1. The van der Waals surface area contributed by atoms with Crippen molar-refractivity contribution >= 4 is 23.0 Å². The van der Waals surface area contributed by atoms with E-state index in [2.05, 4.69) is 0 Å². The molecule has 3 aromatic rings. The second-order valence-corrected chi connectivity index (χ2v) is 7.30. The number of anilines is 1. The Morgan fingerprint density at radius 3 is 1.86 bits per heavy atom. The van der Waals surface area contributed by atoms with E-state index in [1.54, 1.807) is 24.3 Å². The highest BCUT2D eigenvalue weighted by Crippen LogP contribution is 2.40. The van der Waals surface area contributed by atoms with E-state index in [-0.39, 0.29) is 16.9 Å². The zero-order valence-electron chi connectivity index (χ0n) is 16.3. The van der Waals surface area contributed by atoms with Crippen molar-refractivity contribution < 1.29 is 14.7 Å². The van der Waals surface area contributed by atoms with Crippen LogP contribution in [0.5, 0.6) is 0 Å². The molecule has 1 aliphatic carbocycles. The molecule has 1 unspecified atom stereocenters. The van der Waals surface area contributed by atoms with E-state index >= 15 is 0 Å². The van der Waals surface area contributed by atoms with Gasteiger partial charge in [-0.05, 0) is 23.3 Å². The maximum absolute atomic E-state index is 13.1. The molecule has 1 atom stereocenters. The molecule has 0 fully saturated rings. The van der Waals surface area contributed by atoms with Crippen molar-refractivity contribution in [2.75, 3.05) is 19.0 Å². The number of ketones is 2. The fourth-order valence-electron chi connectivity index (χ4n) is 3.79. The van der Waals surface area contributed by atoms with Crippen molar-refractivity contribution in [3.05, 3.63) is 107 Å². The smallest absolute Gasteiger partial charge is 0.234 e. The molecule has 1 aliphatic rings. The lowest BCUT2D eigenvalue weighted by atomic mass is 9.76. The molecular formula is C25H21NO3. The van der Waals surface area contributed by atoms with Gasteiger partial charge in [-0.2, -0.15) is 0 Å². The van der Waals surface area contributed by atoms with Gasteiger partial charge in [-0.15, -0.1) is 0 Å². The molecule has 0 aromatic heterocycles. The zero-order chi connectivity index (χ0) is 20.5. The number of fused-ring (bicyclic) bond motifs is 1. The number of carbonyl (C=O) groups is 2. The van der Waals surface area contributed by atoms with Gasteiger partial charge in [-0.25, -0.2) is 0 Å². The van der Waals surface area contributed by atoms with E-state index in [9.17, 15) is 14.7 Å². The monoisotopic (exact) mass is 383 g/mol. The second kappa shape index (κ2) is 7.40. The van der Waals surface area contributed by atoms with Crippen molar-refractivity contribution in [1.29, 1.82) is 0 Å². The largest absolute Gasteiger partial charge is 0.507 e. The predicted molar refractivity (Wildman–Crippen MR) is 114 cm³/mol. The molecule has 1 N–H and O–H groups in total. The number of nitrogens with zero attached hydrogens (tertiary/aromatic N) is 1. The van der Waals surface area contributed by atoms with Crippen molar-refractivity contribution in [2.24, 2.45) is 0 Å². The summed E-state index contributed by atoms with van der Waals surface area (Å²) in [6.45, 7) is 0. The first-order chi connectivity index (χ1) is 14.0. The van der Waals surface area contributed by atoms with Crippen LogP contribution in [0.25, 0.3) is 5.76 Å². The standard InChI is InChI=1S/C25H21NO3/c1-26(2)18-14-12-17(13-15-18)21(16-8-4-3-5-9-16)22-23(27)19-10-6-7-11-20(19)24(28)25(22)29/h3-15,21,27H,1-2H3. The Hall–Kier alpha value is -3.66. The maximum Gasteiger partial charge on any atom is 0.234 e. The molecule has 144 valence electrons. The Morgan fingerprint density at radius 1 is 0.690 bits per heavy atom. The number of benzene rings is 3. The number of hydrogen-bond acceptors (Lipinski definition) is 4. The lowest BCUT2D eigenvalue weighted by molar-refractivity contribution is -0.112. The van der Waals surface area contributed by atoms with Gasteiger partial charge in [0, 0.05) is 36.8 Å². The van der Waals surface area contributed by atoms with Crippen molar-refractivity contribution in [3.63, 3.8) is 0 Å². The van der Waals surface area contributed by atoms with Crippen molar-refractivity contribution in [2.45, 2.75) is 5.92 Å². The third-order valence-electron chi connectivity index (χ3n) is 5.30. The minimum Gasteiger partial charge on any atom is -0.507 e. The fourth-order valence-corrected chi connectivity index (χ4v) is 3.79. The molecule has 0 radical (unpaired) electrons. The van der Waals surface area contributed by atoms with Crippen LogP contribution in [-0.2, 0) is 4.79 Å². The van der Waals surface area contributed by atoms with Gasteiger partial charge in [0.2, 0.25) is 11.6 Å². The third kappa shape index (κ3) is 3.23. The van der Waals surface area contributed by atoms with Gasteiger partial charge in [0.15, 0.2) is 0 Å². The van der Waals surface area contributed by atoms with E-state index in [4.69, 9.17) is 0 Å². The predicted octanol–water partition coefficient (Wildman–Crippen LogP) is 4.62. The van der Waals surface area contributed by atoms with E-state index < -0.39 is 17.5 Å². The topological polar surface area (TPSA) is 57.6 Å². The summed E-state index contributed by atoms with van der Waals surface area (Å²) in [6.07, 6.45) is 0. The average Bonchev–Trinajstić information content (AvgIpc) is 2.76. The van der Waals surface area contributed by atoms with Crippen LogP contribution in [-0.4, -0.2) is 30.8 Å². The van der Waals surface area contributed by atoms with Gasteiger partial charge in [0.05, 0.1) is 5.57 Å². The first-order valence-electron chi connectivity index (χ1n) is 9.43. The molecule has 4 nitrogen and oxygen atoms in total. The summed E-state index contributed by atoms with van der Waals surface area (Å²) < 4.78 is 0. The number of carbonyl (C=O) groups excluding carboxylic acids is 2. The van der Waals surface area contributed by atoms with Gasteiger partial charge in [-0.3, -0.25) is 9.59 Å². The molecule has 0 spiro atoms. The van der Waals surface area contributed by atoms with E-state index in [1.807, 2.05) is 73.6 Å². The Kier molecular flexibility index (Phi) is 4.77. The Bertz CT molecular complexity index is 1110. The minimum absolute atomic E-state index is 0.123. The van der Waals surface area contributed by atoms with Crippen LogP contribution in [0.4, 0.5) is 5.69 Å². The van der Waals surface area contributed by atoms with Crippen LogP contribution in [0.15, 0.2) is 84.4 Å². The molecule has 4 heteroatoms. The minimum atomic E-state index is -0.660. The number of allylic oxidation sites excluding steroid dienone is 1. The zero-order valence-corrected chi connectivity index (χ0v) is 16.3. The number of aliphatic hydroxyl groups excluding tert-OH is 1. The summed E-state index contributed by atoms with van der Waals surface area (Å²) in [5.74, 6) is -1.92. The molecule has 4 rings (SSSR count). The SMILES string of the molecule is CN(C)c1ccc(C(C2=C(O)c3ccccc3C(=O)C2=O)c2ccccc2)cc1. The number of Topliss-reactive ketones (excluding diaryl/α,β-unsaturated/α-hetero) is 2. The average molecular weight is 383 g/mol. The molecule has 0 bridgehead atoms. The summed E-state index contributed by atoms with van der Waals surface area (Å²) >= 11 is 0. The maximum atomic E-state index is 13.1. The summed E-state index contributed by atoms with van der Waals surface area (Å²) in [7, 11) is 3.91. The second-order valence-electron chi connectivity index (χ2n) is 7.30. The van der Waals surface area contributed by atoms with E-state index in [0.717, 1.165) is 16.8 Å². The summed E-state index contributed by atoms with van der Waals surface area (Å²) in [5, 5.41) is 11.0. The summed E-state index contributed by atoms with van der Waals surface area (Å²) in [6, 6.07) is 24.0.